The average Bonchev–Trinajstić information content (AvgIpc) is 2.98. The first-order valence-corrected chi connectivity index (χ1v) is 8.30. The molecule has 0 radical (unpaired) electrons. The van der Waals surface area contributed by atoms with Crippen molar-refractivity contribution in [3.05, 3.63) is 34.1 Å². The summed E-state index contributed by atoms with van der Waals surface area (Å²) in [4.78, 5) is 27.5. The maximum atomic E-state index is 11.8. The predicted molar refractivity (Wildman–Crippen MR) is 88.7 cm³/mol. The third kappa shape index (κ3) is 5.57. The van der Waals surface area contributed by atoms with Gasteiger partial charge >= 0.3 is 0 Å². The maximum absolute atomic E-state index is 11.8. The standard InChI is InChI=1S/C14H16ClN5O2S/c1-2-3-4-12-19-20-14(23-12)18-11(21)8-17-13(22)10-7-9(15)5-6-16-10/h5-7H,2-4,8H2,1H3,(H,17,22)(H,18,20,21). The first-order valence-electron chi connectivity index (χ1n) is 7.10. The Morgan fingerprint density at radius 3 is 2.91 bits per heavy atom. The molecule has 2 N–H and O–H groups in total. The second-order valence-electron chi connectivity index (χ2n) is 4.69. The number of unbranched alkanes of at least 4 members (excludes halogenated alkanes) is 1. The summed E-state index contributed by atoms with van der Waals surface area (Å²) in [5.74, 6) is -0.845. The highest BCUT2D eigenvalue weighted by atomic mass is 35.5. The molecule has 0 aliphatic rings. The molecule has 2 aromatic rings. The molecule has 2 amide bonds. The first-order chi connectivity index (χ1) is 11.1. The number of rotatable bonds is 7. The van der Waals surface area contributed by atoms with E-state index in [1.165, 1.54) is 23.6 Å². The van der Waals surface area contributed by atoms with Gasteiger partial charge in [0.25, 0.3) is 5.91 Å². The molecule has 0 aromatic carbocycles. The molecule has 0 fully saturated rings. The zero-order valence-corrected chi connectivity index (χ0v) is 14.1. The summed E-state index contributed by atoms with van der Waals surface area (Å²) < 4.78 is 0. The Morgan fingerprint density at radius 1 is 1.35 bits per heavy atom. The number of aryl methyl sites for hydroxylation is 1. The van der Waals surface area contributed by atoms with Crippen LogP contribution in [0.5, 0.6) is 0 Å². The van der Waals surface area contributed by atoms with Gasteiger partial charge in [-0.3, -0.25) is 19.9 Å². The van der Waals surface area contributed by atoms with Crippen molar-refractivity contribution in [3.8, 4) is 0 Å². The van der Waals surface area contributed by atoms with Gasteiger partial charge < -0.3 is 5.32 Å². The van der Waals surface area contributed by atoms with Gasteiger partial charge in [0, 0.05) is 17.6 Å². The van der Waals surface area contributed by atoms with Gasteiger partial charge in [0.1, 0.15) is 10.7 Å². The fourth-order valence-corrected chi connectivity index (χ4v) is 2.63. The summed E-state index contributed by atoms with van der Waals surface area (Å²) in [6.45, 7) is 1.91. The van der Waals surface area contributed by atoms with Crippen LogP contribution in [0.3, 0.4) is 0 Å². The SMILES string of the molecule is CCCCc1nnc(NC(=O)CNC(=O)c2cc(Cl)ccn2)s1. The minimum absolute atomic E-state index is 0.156. The van der Waals surface area contributed by atoms with Gasteiger partial charge in [-0.25, -0.2) is 0 Å². The van der Waals surface area contributed by atoms with Crippen LogP contribution < -0.4 is 10.6 Å². The second-order valence-corrected chi connectivity index (χ2v) is 6.19. The van der Waals surface area contributed by atoms with Crippen molar-refractivity contribution in [1.29, 1.82) is 0 Å². The van der Waals surface area contributed by atoms with Crippen molar-refractivity contribution in [2.24, 2.45) is 0 Å². The molecule has 7 nitrogen and oxygen atoms in total. The molecule has 0 atom stereocenters. The normalized spacial score (nSPS) is 10.3. The van der Waals surface area contributed by atoms with E-state index in [0.717, 1.165) is 24.3 Å². The molecule has 0 saturated carbocycles. The van der Waals surface area contributed by atoms with E-state index in [1.54, 1.807) is 6.07 Å². The highest BCUT2D eigenvalue weighted by Crippen LogP contribution is 2.16. The number of hydrogen-bond acceptors (Lipinski definition) is 6. The van der Waals surface area contributed by atoms with Gasteiger partial charge in [-0.1, -0.05) is 36.3 Å². The number of anilines is 1. The number of carbonyl (C=O) groups excluding carboxylic acids is 2. The molecule has 122 valence electrons. The predicted octanol–water partition coefficient (Wildman–Crippen LogP) is 2.30. The lowest BCUT2D eigenvalue weighted by Crippen LogP contribution is -2.33. The number of nitrogens with zero attached hydrogens (tertiary/aromatic N) is 3. The highest BCUT2D eigenvalue weighted by Gasteiger charge is 2.11. The minimum Gasteiger partial charge on any atom is -0.342 e. The third-order valence-electron chi connectivity index (χ3n) is 2.82. The number of nitrogens with one attached hydrogen (secondary N) is 2. The minimum atomic E-state index is -0.469. The molecule has 23 heavy (non-hydrogen) atoms. The smallest absolute Gasteiger partial charge is 0.270 e. The summed E-state index contributed by atoms with van der Waals surface area (Å²) in [6, 6.07) is 3.00. The molecule has 9 heteroatoms. The van der Waals surface area contributed by atoms with Crippen LogP contribution in [0, 0.1) is 0 Å². The van der Waals surface area contributed by atoms with E-state index < -0.39 is 5.91 Å². The molecule has 0 aliphatic carbocycles. The molecule has 0 unspecified atom stereocenters. The van der Waals surface area contributed by atoms with E-state index in [1.807, 2.05) is 0 Å². The molecule has 0 saturated heterocycles. The van der Waals surface area contributed by atoms with Crippen molar-refractivity contribution < 1.29 is 9.59 Å². The van der Waals surface area contributed by atoms with Crippen LogP contribution in [0.4, 0.5) is 5.13 Å². The molecular weight excluding hydrogens is 338 g/mol. The third-order valence-corrected chi connectivity index (χ3v) is 3.96. The Morgan fingerprint density at radius 2 is 2.17 bits per heavy atom. The largest absolute Gasteiger partial charge is 0.342 e. The number of amides is 2. The van der Waals surface area contributed by atoms with E-state index in [4.69, 9.17) is 11.6 Å². The number of aromatic nitrogens is 3. The van der Waals surface area contributed by atoms with Crippen molar-refractivity contribution in [1.82, 2.24) is 20.5 Å². The van der Waals surface area contributed by atoms with Crippen molar-refractivity contribution >= 4 is 39.9 Å². The Bertz CT molecular complexity index is 691. The summed E-state index contributed by atoms with van der Waals surface area (Å²) in [5, 5.41) is 14.7. The second kappa shape index (κ2) is 8.54. The van der Waals surface area contributed by atoms with Gasteiger partial charge in [-0.05, 0) is 18.6 Å². The number of hydrogen-bond donors (Lipinski definition) is 2. The van der Waals surface area contributed by atoms with Crippen LogP contribution in [-0.4, -0.2) is 33.5 Å². The molecule has 0 spiro atoms. The van der Waals surface area contributed by atoms with E-state index >= 15 is 0 Å². The maximum Gasteiger partial charge on any atom is 0.270 e. The summed E-state index contributed by atoms with van der Waals surface area (Å²) >= 11 is 7.12. The molecule has 0 bridgehead atoms. The quantitative estimate of drug-likeness (QED) is 0.796. The number of carbonyl (C=O) groups is 2. The summed E-state index contributed by atoms with van der Waals surface area (Å²) in [7, 11) is 0. The molecule has 2 heterocycles. The fraction of sp³-hybridized carbons (Fsp3) is 0.357. The molecule has 0 aliphatic heterocycles. The first kappa shape index (κ1) is 17.3. The zero-order chi connectivity index (χ0) is 16.7. The highest BCUT2D eigenvalue weighted by molar-refractivity contribution is 7.15. The summed E-state index contributed by atoms with van der Waals surface area (Å²) in [6.07, 6.45) is 4.38. The van der Waals surface area contributed by atoms with E-state index in [0.29, 0.717) is 10.2 Å². The van der Waals surface area contributed by atoms with Crippen LogP contribution in [0.2, 0.25) is 5.02 Å². The van der Waals surface area contributed by atoms with Gasteiger partial charge in [0.05, 0.1) is 6.54 Å². The van der Waals surface area contributed by atoms with Crippen LogP contribution >= 0.6 is 22.9 Å². The van der Waals surface area contributed by atoms with Crippen molar-refractivity contribution in [2.75, 3.05) is 11.9 Å². The fourth-order valence-electron chi connectivity index (χ4n) is 1.68. The Hall–Kier alpha value is -2.06. The number of pyridine rings is 1. The Balaban J connectivity index is 1.80. The zero-order valence-electron chi connectivity index (χ0n) is 12.5. The van der Waals surface area contributed by atoms with E-state index in [2.05, 4.69) is 32.7 Å². The average molecular weight is 354 g/mol. The van der Waals surface area contributed by atoms with Gasteiger partial charge in [0.15, 0.2) is 0 Å². The van der Waals surface area contributed by atoms with Crippen molar-refractivity contribution in [2.45, 2.75) is 26.2 Å². The van der Waals surface area contributed by atoms with Crippen LogP contribution in [0.15, 0.2) is 18.3 Å². The lowest BCUT2D eigenvalue weighted by atomic mass is 10.3. The Labute approximate surface area is 142 Å². The topological polar surface area (TPSA) is 96.9 Å². The van der Waals surface area contributed by atoms with Crippen molar-refractivity contribution in [3.63, 3.8) is 0 Å². The van der Waals surface area contributed by atoms with Gasteiger partial charge in [-0.2, -0.15) is 0 Å². The molecular formula is C14H16ClN5O2S. The summed E-state index contributed by atoms with van der Waals surface area (Å²) in [5.41, 5.74) is 0.156. The lowest BCUT2D eigenvalue weighted by Gasteiger charge is -2.04. The van der Waals surface area contributed by atoms with Crippen LogP contribution in [0.25, 0.3) is 0 Å². The van der Waals surface area contributed by atoms with E-state index in [9.17, 15) is 9.59 Å². The van der Waals surface area contributed by atoms with Gasteiger partial charge in [-0.15, -0.1) is 10.2 Å². The number of halogens is 1. The monoisotopic (exact) mass is 353 g/mol. The molecule has 2 aromatic heterocycles. The molecule has 2 rings (SSSR count). The lowest BCUT2D eigenvalue weighted by molar-refractivity contribution is -0.115. The van der Waals surface area contributed by atoms with Crippen LogP contribution in [0.1, 0.15) is 35.3 Å². The Kier molecular flexibility index (Phi) is 6.42. The van der Waals surface area contributed by atoms with Gasteiger partial charge in [0.2, 0.25) is 11.0 Å². The van der Waals surface area contributed by atoms with E-state index in [-0.39, 0.29) is 18.1 Å². The van der Waals surface area contributed by atoms with Crippen LogP contribution in [-0.2, 0) is 11.2 Å².